The van der Waals surface area contributed by atoms with Gasteiger partial charge in [0.2, 0.25) is 0 Å². The number of aliphatic hydroxyl groups is 2. The van der Waals surface area contributed by atoms with E-state index < -0.39 is 24.1 Å². The molecule has 0 aliphatic heterocycles. The van der Waals surface area contributed by atoms with E-state index in [4.69, 9.17) is 14.9 Å². The van der Waals surface area contributed by atoms with E-state index in [-0.39, 0.29) is 33.2 Å². The third kappa shape index (κ3) is 12.9. The lowest BCUT2D eigenvalue weighted by Crippen LogP contribution is -2.36. The number of rotatable bonds is 13. The zero-order valence-electron chi connectivity index (χ0n) is 42.9. The Balaban J connectivity index is 0.000000216. The first kappa shape index (κ1) is 52.8. The SMILES string of the molecule is CN(C)c1ccc(C(C)(C)Cc2cc(C(O)C#Cc3ccc(C(=O)O)cc3)cc3c2C(C)(C)CCC3(C)C)cc1.O=C(O)c1ccc(C=CC(O)c2cc3c(c(OCc4ccc(F)cc4)c2)CCCC3)cc1. The summed E-state index contributed by atoms with van der Waals surface area (Å²) in [5, 5.41) is 40.2. The molecule has 72 heavy (non-hydrogen) atoms. The van der Waals surface area contributed by atoms with Gasteiger partial charge in [0.25, 0.3) is 0 Å². The lowest BCUT2D eigenvalue weighted by Gasteiger charge is -2.44. The summed E-state index contributed by atoms with van der Waals surface area (Å²) in [5.74, 6) is 4.60. The van der Waals surface area contributed by atoms with Gasteiger partial charge in [0.1, 0.15) is 24.3 Å². The molecule has 2 atom stereocenters. The van der Waals surface area contributed by atoms with E-state index in [9.17, 15) is 24.2 Å². The zero-order chi connectivity index (χ0) is 52.0. The number of hydrogen-bond donors (Lipinski definition) is 4. The Bertz CT molecular complexity index is 2970. The van der Waals surface area contributed by atoms with Gasteiger partial charge in [-0.2, -0.15) is 0 Å². The van der Waals surface area contributed by atoms with Crippen LogP contribution < -0.4 is 9.64 Å². The molecule has 0 bridgehead atoms. The zero-order valence-corrected chi connectivity index (χ0v) is 42.9. The van der Waals surface area contributed by atoms with Gasteiger partial charge in [0.15, 0.2) is 0 Å². The van der Waals surface area contributed by atoms with Crippen LogP contribution in [0, 0.1) is 17.7 Å². The number of aliphatic hydroxyl groups excluding tert-OH is 2. The van der Waals surface area contributed by atoms with Crippen LogP contribution in [-0.2, 0) is 42.1 Å². The lowest BCUT2D eigenvalue weighted by molar-refractivity contribution is 0.0686. The molecule has 6 aromatic rings. The highest BCUT2D eigenvalue weighted by atomic mass is 19.1. The minimum atomic E-state index is -0.970. The number of benzene rings is 6. The highest BCUT2D eigenvalue weighted by Crippen LogP contribution is 2.49. The summed E-state index contributed by atoms with van der Waals surface area (Å²) in [4.78, 5) is 24.3. The lowest BCUT2D eigenvalue weighted by atomic mass is 9.60. The number of halogens is 1. The van der Waals surface area contributed by atoms with E-state index >= 15 is 0 Å². The van der Waals surface area contributed by atoms with Crippen molar-refractivity contribution in [2.75, 3.05) is 19.0 Å². The van der Waals surface area contributed by atoms with E-state index in [2.05, 4.69) is 109 Å². The van der Waals surface area contributed by atoms with Crippen LogP contribution in [-0.4, -0.2) is 46.5 Å². The molecule has 0 heterocycles. The maximum atomic E-state index is 13.2. The van der Waals surface area contributed by atoms with Crippen LogP contribution in [0.15, 0.2) is 127 Å². The molecule has 8 rings (SSSR count). The number of aromatic carboxylic acids is 2. The molecule has 0 spiro atoms. The molecule has 0 fully saturated rings. The standard InChI is InChI=1S/C36H43NO3.C27H25FO4/c1-34(2)19-20-35(3,4)32-27(23-36(5,6)28-14-16-29(17-15-28)37(7)8)21-26(22-30(32)34)31(38)18-11-24-9-12-25(13-10-24)33(39)40;28-23-12-7-19(8-13-23)17-32-26-16-22(15-21-3-1-2-4-24(21)26)25(29)14-9-18-5-10-20(11-6-18)27(30)31/h9-10,12-17,21-22,31,38H,19-20,23H2,1-8H3,(H,39,40);5-16,25,29H,1-4,17H2,(H,30,31). The molecule has 0 aromatic heterocycles. The fraction of sp³-hybridized carbons (Fsp3) is 0.333. The van der Waals surface area contributed by atoms with Crippen LogP contribution in [0.4, 0.5) is 10.1 Å². The number of carboxylic acids is 2. The van der Waals surface area contributed by atoms with Gasteiger partial charge >= 0.3 is 11.9 Å². The normalized spacial score (nSPS) is 15.4. The van der Waals surface area contributed by atoms with Crippen molar-refractivity contribution < 1.29 is 39.1 Å². The van der Waals surface area contributed by atoms with Crippen molar-refractivity contribution in [3.63, 3.8) is 0 Å². The van der Waals surface area contributed by atoms with Crippen LogP contribution in [0.25, 0.3) is 6.08 Å². The van der Waals surface area contributed by atoms with Crippen molar-refractivity contribution in [2.24, 2.45) is 0 Å². The van der Waals surface area contributed by atoms with Gasteiger partial charge in [-0.1, -0.05) is 120 Å². The third-order valence-electron chi connectivity index (χ3n) is 14.3. The second-order valence-electron chi connectivity index (χ2n) is 21.4. The van der Waals surface area contributed by atoms with Crippen molar-refractivity contribution in [1.82, 2.24) is 0 Å². The second-order valence-corrected chi connectivity index (χ2v) is 21.4. The Morgan fingerprint density at radius 3 is 2.00 bits per heavy atom. The molecule has 4 N–H and O–H groups in total. The van der Waals surface area contributed by atoms with Crippen LogP contribution in [0.1, 0.15) is 161 Å². The van der Waals surface area contributed by atoms with Crippen LogP contribution in [0.5, 0.6) is 5.75 Å². The molecular weight excluding hydrogens is 902 g/mol. The number of carboxylic acid groups (broad SMARTS) is 2. The van der Waals surface area contributed by atoms with Gasteiger partial charge in [-0.15, -0.1) is 0 Å². The Morgan fingerprint density at radius 1 is 0.764 bits per heavy atom. The van der Waals surface area contributed by atoms with Crippen molar-refractivity contribution in [3.05, 3.63) is 206 Å². The minimum absolute atomic E-state index is 0.00702. The summed E-state index contributed by atoms with van der Waals surface area (Å²) < 4.78 is 19.3. The first-order chi connectivity index (χ1) is 34.1. The average molecular weight is 970 g/mol. The van der Waals surface area contributed by atoms with E-state index in [1.807, 2.05) is 12.1 Å². The molecule has 8 nitrogen and oxygen atoms in total. The summed E-state index contributed by atoms with van der Waals surface area (Å²) in [6.07, 6.45) is 8.83. The van der Waals surface area contributed by atoms with E-state index in [1.54, 1.807) is 48.6 Å². The summed E-state index contributed by atoms with van der Waals surface area (Å²) >= 11 is 0. The average Bonchev–Trinajstić information content (AvgIpc) is 3.36. The van der Waals surface area contributed by atoms with Crippen LogP contribution in [0.3, 0.4) is 0 Å². The maximum Gasteiger partial charge on any atom is 0.335 e. The Kier molecular flexibility index (Phi) is 16.3. The topological polar surface area (TPSA) is 128 Å². The van der Waals surface area contributed by atoms with Crippen molar-refractivity contribution in [1.29, 1.82) is 0 Å². The fourth-order valence-corrected chi connectivity index (χ4v) is 9.90. The molecule has 9 heteroatoms. The minimum Gasteiger partial charge on any atom is -0.489 e. The Morgan fingerprint density at radius 2 is 1.38 bits per heavy atom. The molecule has 374 valence electrons. The number of hydrogen-bond acceptors (Lipinski definition) is 6. The highest BCUT2D eigenvalue weighted by Gasteiger charge is 2.40. The molecule has 2 aliphatic carbocycles. The number of aryl methyl sites for hydroxylation is 1. The number of nitrogens with zero attached hydrogens (tertiary/aromatic N) is 1. The smallest absolute Gasteiger partial charge is 0.335 e. The predicted molar refractivity (Wildman–Crippen MR) is 286 cm³/mol. The number of anilines is 1. The first-order valence-corrected chi connectivity index (χ1v) is 24.8. The number of fused-ring (bicyclic) bond motifs is 2. The molecular formula is C63H68FNO7. The maximum absolute atomic E-state index is 13.2. The molecule has 0 radical (unpaired) electrons. The molecule has 2 unspecified atom stereocenters. The predicted octanol–water partition coefficient (Wildman–Crippen LogP) is 13.1. The fourth-order valence-electron chi connectivity index (χ4n) is 9.90. The van der Waals surface area contributed by atoms with E-state index in [0.29, 0.717) is 12.2 Å². The molecule has 0 saturated carbocycles. The quantitative estimate of drug-likeness (QED) is 0.0843. The second kappa shape index (κ2) is 22.2. The van der Waals surface area contributed by atoms with Crippen LogP contribution >= 0.6 is 0 Å². The third-order valence-corrected chi connectivity index (χ3v) is 14.3. The van der Waals surface area contributed by atoms with Crippen LogP contribution in [0.2, 0.25) is 0 Å². The monoisotopic (exact) mass is 969 g/mol. The molecule has 6 aromatic carbocycles. The Labute approximate surface area is 424 Å². The largest absolute Gasteiger partial charge is 0.489 e. The van der Waals surface area contributed by atoms with Crippen molar-refractivity contribution in [3.8, 4) is 17.6 Å². The summed E-state index contributed by atoms with van der Waals surface area (Å²) in [7, 11) is 4.11. The van der Waals surface area contributed by atoms with Gasteiger partial charge in [0.05, 0.1) is 17.2 Å². The van der Waals surface area contributed by atoms with Crippen molar-refractivity contribution >= 4 is 23.7 Å². The molecule has 2 aliphatic rings. The van der Waals surface area contributed by atoms with Crippen molar-refractivity contribution in [2.45, 2.75) is 122 Å². The van der Waals surface area contributed by atoms with Gasteiger partial charge in [0, 0.05) is 25.3 Å². The van der Waals surface area contributed by atoms with Gasteiger partial charge in [-0.05, 0) is 184 Å². The molecule has 0 saturated heterocycles. The van der Waals surface area contributed by atoms with Gasteiger partial charge < -0.3 is 30.1 Å². The summed E-state index contributed by atoms with van der Waals surface area (Å²) in [5.41, 5.74) is 13.1. The summed E-state index contributed by atoms with van der Waals surface area (Å²) in [6, 6.07) is 36.3. The number of ether oxygens (including phenoxy) is 1. The van der Waals surface area contributed by atoms with E-state index in [0.717, 1.165) is 72.9 Å². The Hall–Kier alpha value is -6.99. The highest BCUT2D eigenvalue weighted by molar-refractivity contribution is 5.88. The first-order valence-electron chi connectivity index (χ1n) is 24.8. The van der Waals surface area contributed by atoms with Gasteiger partial charge in [-0.25, -0.2) is 14.0 Å². The molecule has 0 amide bonds. The van der Waals surface area contributed by atoms with E-state index in [1.165, 1.54) is 75.5 Å². The number of carbonyl (C=O) groups is 2. The van der Waals surface area contributed by atoms with Gasteiger partial charge in [-0.3, -0.25) is 0 Å². The summed E-state index contributed by atoms with van der Waals surface area (Å²) in [6.45, 7) is 14.2.